The molecule has 5 aromatic rings. The van der Waals surface area contributed by atoms with E-state index in [1.165, 1.54) is 0 Å². The van der Waals surface area contributed by atoms with Crippen molar-refractivity contribution >= 4 is 17.0 Å². The van der Waals surface area contributed by atoms with Crippen molar-refractivity contribution in [3.05, 3.63) is 79.0 Å². The lowest BCUT2D eigenvalue weighted by Crippen LogP contribution is -2.07. The van der Waals surface area contributed by atoms with Crippen molar-refractivity contribution in [1.29, 1.82) is 0 Å². The minimum absolute atomic E-state index is 0.167. The van der Waals surface area contributed by atoms with Gasteiger partial charge in [-0.25, -0.2) is 15.0 Å². The Morgan fingerprint density at radius 1 is 0.939 bits per heavy atom. The number of hydrogen-bond acceptors (Lipinski definition) is 7. The smallest absolute Gasteiger partial charge is 0.166 e. The molecule has 1 aromatic carbocycles. The van der Waals surface area contributed by atoms with Crippen LogP contribution in [0.15, 0.2) is 73.3 Å². The number of nitrogens with one attached hydrogen (secondary N) is 1. The molecule has 0 saturated heterocycles. The molecule has 0 aliphatic carbocycles. The molecule has 2 N–H and O–H groups in total. The molecule has 5 rings (SSSR count). The Balaban J connectivity index is 1.47. The average Bonchev–Trinajstić information content (AvgIpc) is 3.28. The normalized spacial score (nSPS) is 11.2. The van der Waals surface area contributed by atoms with Crippen molar-refractivity contribution in [3.63, 3.8) is 0 Å². The number of phenolic OH excluding ortho intramolecular Hbond substituents is 1. The molecule has 8 heteroatoms. The van der Waals surface area contributed by atoms with Gasteiger partial charge in [-0.3, -0.25) is 9.97 Å². The number of rotatable bonds is 6. The highest BCUT2D eigenvalue weighted by molar-refractivity contribution is 5.85. The number of aromatic nitrogens is 6. The maximum atomic E-state index is 9.92. The van der Waals surface area contributed by atoms with Crippen LogP contribution in [-0.4, -0.2) is 34.6 Å². The minimum Gasteiger partial charge on any atom is -0.508 e. The van der Waals surface area contributed by atoms with E-state index in [0.717, 1.165) is 28.2 Å². The van der Waals surface area contributed by atoms with E-state index in [2.05, 4.69) is 34.1 Å². The number of benzene rings is 1. The Bertz CT molecular complexity index is 1400. The van der Waals surface area contributed by atoms with Crippen molar-refractivity contribution in [1.82, 2.24) is 29.5 Å². The highest BCUT2D eigenvalue weighted by atomic mass is 16.3. The molecule has 0 spiro atoms. The van der Waals surface area contributed by atoms with Crippen molar-refractivity contribution < 1.29 is 5.11 Å². The summed E-state index contributed by atoms with van der Waals surface area (Å²) in [5, 5.41) is 13.3. The van der Waals surface area contributed by atoms with Crippen molar-refractivity contribution in [3.8, 4) is 28.4 Å². The molecular formula is C25H23N7O. The third kappa shape index (κ3) is 4.23. The Hall–Kier alpha value is -4.33. The molecule has 164 valence electrons. The van der Waals surface area contributed by atoms with Gasteiger partial charge in [0.15, 0.2) is 17.3 Å². The van der Waals surface area contributed by atoms with Gasteiger partial charge < -0.3 is 15.0 Å². The summed E-state index contributed by atoms with van der Waals surface area (Å²) in [6, 6.07) is 16.9. The fourth-order valence-corrected chi connectivity index (χ4v) is 3.58. The summed E-state index contributed by atoms with van der Waals surface area (Å²) in [5.74, 6) is 1.30. The number of fused-ring (bicyclic) bond motifs is 1. The van der Waals surface area contributed by atoms with Crippen molar-refractivity contribution in [2.75, 3.05) is 5.32 Å². The lowest BCUT2D eigenvalue weighted by atomic mass is 10.2. The van der Waals surface area contributed by atoms with Crippen LogP contribution in [0.4, 0.5) is 5.82 Å². The van der Waals surface area contributed by atoms with Crippen LogP contribution in [0.25, 0.3) is 33.8 Å². The molecule has 0 saturated carbocycles. The van der Waals surface area contributed by atoms with Gasteiger partial charge in [0, 0.05) is 29.6 Å². The second kappa shape index (κ2) is 8.66. The third-order valence-electron chi connectivity index (χ3n) is 5.30. The second-order valence-corrected chi connectivity index (χ2v) is 7.97. The van der Waals surface area contributed by atoms with Gasteiger partial charge in [-0.2, -0.15) is 0 Å². The van der Waals surface area contributed by atoms with Gasteiger partial charge in [-0.05, 0) is 50.2 Å². The molecule has 8 nitrogen and oxygen atoms in total. The van der Waals surface area contributed by atoms with E-state index in [0.29, 0.717) is 23.7 Å². The van der Waals surface area contributed by atoms with E-state index in [9.17, 15) is 5.11 Å². The zero-order valence-electron chi connectivity index (χ0n) is 18.3. The molecule has 0 bridgehead atoms. The van der Waals surface area contributed by atoms with Gasteiger partial charge in [-0.1, -0.05) is 18.2 Å². The Labute approximate surface area is 191 Å². The highest BCUT2D eigenvalue weighted by Gasteiger charge is 2.16. The quantitative estimate of drug-likeness (QED) is 0.391. The predicted octanol–water partition coefficient (Wildman–Crippen LogP) is 4.85. The fourth-order valence-electron chi connectivity index (χ4n) is 3.58. The zero-order valence-corrected chi connectivity index (χ0v) is 18.3. The van der Waals surface area contributed by atoms with E-state index in [1.807, 2.05) is 47.2 Å². The van der Waals surface area contributed by atoms with Gasteiger partial charge in [0.25, 0.3) is 0 Å². The van der Waals surface area contributed by atoms with E-state index in [4.69, 9.17) is 9.97 Å². The molecule has 0 unspecified atom stereocenters. The third-order valence-corrected chi connectivity index (χ3v) is 5.30. The van der Waals surface area contributed by atoms with Crippen LogP contribution < -0.4 is 5.32 Å². The number of nitrogens with zero attached hydrogens (tertiary/aromatic N) is 6. The number of aromatic hydroxyl groups is 1. The first-order valence-corrected chi connectivity index (χ1v) is 10.7. The van der Waals surface area contributed by atoms with E-state index < -0.39 is 0 Å². The number of anilines is 1. The summed E-state index contributed by atoms with van der Waals surface area (Å²) < 4.78 is 2.01. The Kier molecular flexibility index (Phi) is 5.40. The molecule has 0 fully saturated rings. The van der Waals surface area contributed by atoms with Gasteiger partial charge >= 0.3 is 0 Å². The standard InChI is InChI=1S/C25H23N7O/c1-16(2)32-15-29-22-24(30-23(31-25(22)32)17-6-5-7-20(33)12-17)28-14-19-10-9-18(13-27-19)21-8-3-4-11-26-21/h3-13,15-16,33H,14H2,1-2H3,(H,28,30,31). The van der Waals surface area contributed by atoms with Crippen LogP contribution in [0.5, 0.6) is 5.75 Å². The predicted molar refractivity (Wildman–Crippen MR) is 128 cm³/mol. The zero-order chi connectivity index (χ0) is 22.8. The largest absolute Gasteiger partial charge is 0.508 e. The van der Waals surface area contributed by atoms with Crippen molar-refractivity contribution in [2.24, 2.45) is 0 Å². The summed E-state index contributed by atoms with van der Waals surface area (Å²) in [6.45, 7) is 4.64. The van der Waals surface area contributed by atoms with Gasteiger partial charge in [0.2, 0.25) is 0 Å². The fraction of sp³-hybridized carbons (Fsp3) is 0.160. The Morgan fingerprint density at radius 2 is 1.85 bits per heavy atom. The maximum Gasteiger partial charge on any atom is 0.166 e. The summed E-state index contributed by atoms with van der Waals surface area (Å²) in [4.78, 5) is 23.0. The van der Waals surface area contributed by atoms with Crippen LogP contribution >= 0.6 is 0 Å². The van der Waals surface area contributed by atoms with Crippen LogP contribution in [-0.2, 0) is 6.54 Å². The first-order valence-electron chi connectivity index (χ1n) is 10.7. The first-order chi connectivity index (χ1) is 16.1. The SMILES string of the molecule is CC(C)n1cnc2c(NCc3ccc(-c4ccccn4)cn3)nc(-c3cccc(O)c3)nc21. The lowest BCUT2D eigenvalue weighted by molar-refractivity contribution is 0.475. The monoisotopic (exact) mass is 437 g/mol. The summed E-state index contributed by atoms with van der Waals surface area (Å²) in [5.41, 5.74) is 4.87. The average molecular weight is 438 g/mol. The molecule has 4 aromatic heterocycles. The lowest BCUT2D eigenvalue weighted by Gasteiger charge is -2.11. The molecule has 0 radical (unpaired) electrons. The Morgan fingerprint density at radius 3 is 2.58 bits per heavy atom. The van der Waals surface area contributed by atoms with E-state index in [-0.39, 0.29) is 11.8 Å². The summed E-state index contributed by atoms with van der Waals surface area (Å²) in [6.07, 6.45) is 5.37. The van der Waals surface area contributed by atoms with Gasteiger partial charge in [0.1, 0.15) is 11.3 Å². The van der Waals surface area contributed by atoms with Gasteiger partial charge in [-0.15, -0.1) is 0 Å². The molecule has 0 amide bonds. The molecular weight excluding hydrogens is 414 g/mol. The molecule has 0 aliphatic rings. The van der Waals surface area contributed by atoms with E-state index >= 15 is 0 Å². The van der Waals surface area contributed by atoms with Crippen LogP contribution in [0, 0.1) is 0 Å². The topological polar surface area (TPSA) is 102 Å². The van der Waals surface area contributed by atoms with Crippen LogP contribution in [0.3, 0.4) is 0 Å². The van der Waals surface area contributed by atoms with Crippen molar-refractivity contribution in [2.45, 2.75) is 26.4 Å². The number of phenols is 1. The molecule has 33 heavy (non-hydrogen) atoms. The second-order valence-electron chi connectivity index (χ2n) is 7.97. The minimum atomic E-state index is 0.167. The first kappa shape index (κ1) is 20.6. The molecule has 4 heterocycles. The summed E-state index contributed by atoms with van der Waals surface area (Å²) >= 11 is 0. The molecule has 0 aliphatic heterocycles. The van der Waals surface area contributed by atoms with Gasteiger partial charge in [0.05, 0.1) is 24.3 Å². The summed E-state index contributed by atoms with van der Waals surface area (Å²) in [7, 11) is 0. The highest BCUT2D eigenvalue weighted by Crippen LogP contribution is 2.27. The van der Waals surface area contributed by atoms with E-state index in [1.54, 1.807) is 30.7 Å². The number of pyridine rings is 2. The number of hydrogen-bond donors (Lipinski definition) is 2. The van der Waals surface area contributed by atoms with Crippen LogP contribution in [0.1, 0.15) is 25.6 Å². The molecule has 0 atom stereocenters. The maximum absolute atomic E-state index is 9.92. The van der Waals surface area contributed by atoms with Crippen LogP contribution in [0.2, 0.25) is 0 Å². The number of imidazole rings is 1.